The number of nitrogens with zero attached hydrogens (tertiary/aromatic N) is 2. The molecule has 4 rings (SSSR count). The van der Waals surface area contributed by atoms with Crippen molar-refractivity contribution in [2.75, 3.05) is 10.6 Å². The number of amides is 2. The molecule has 0 unspecified atom stereocenters. The largest absolute Gasteiger partial charge is 0.323 e. The Bertz CT molecular complexity index is 1040. The lowest BCUT2D eigenvalue weighted by Crippen LogP contribution is -2.19. The molecule has 2 heterocycles. The second kappa shape index (κ2) is 5.96. The van der Waals surface area contributed by atoms with Crippen molar-refractivity contribution in [3.05, 3.63) is 73.1 Å². The van der Waals surface area contributed by atoms with Crippen LogP contribution < -0.4 is 10.6 Å². The molecule has 116 valence electrons. The van der Waals surface area contributed by atoms with Crippen molar-refractivity contribution in [2.45, 2.75) is 0 Å². The SMILES string of the molecule is O=C(Nc1cnc2ccccc2c1)Nc1cccc2cccnc12. The van der Waals surface area contributed by atoms with E-state index in [1.54, 1.807) is 12.4 Å². The zero-order chi connectivity index (χ0) is 16.4. The van der Waals surface area contributed by atoms with E-state index in [1.807, 2.05) is 60.7 Å². The van der Waals surface area contributed by atoms with Crippen LogP contribution in [0.15, 0.2) is 73.1 Å². The van der Waals surface area contributed by atoms with Crippen molar-refractivity contribution < 1.29 is 4.79 Å². The predicted octanol–water partition coefficient (Wildman–Crippen LogP) is 4.43. The Morgan fingerprint density at radius 1 is 0.833 bits per heavy atom. The number of hydrogen-bond acceptors (Lipinski definition) is 3. The molecule has 24 heavy (non-hydrogen) atoms. The van der Waals surface area contributed by atoms with Crippen molar-refractivity contribution in [1.29, 1.82) is 0 Å². The van der Waals surface area contributed by atoms with Gasteiger partial charge in [0.05, 0.1) is 28.6 Å². The number of aromatic nitrogens is 2. The molecular formula is C19H14N4O. The molecule has 0 saturated carbocycles. The van der Waals surface area contributed by atoms with Gasteiger partial charge in [-0.2, -0.15) is 0 Å². The number of fused-ring (bicyclic) bond motifs is 2. The van der Waals surface area contributed by atoms with Gasteiger partial charge in [0, 0.05) is 17.0 Å². The number of anilines is 2. The molecule has 2 amide bonds. The van der Waals surface area contributed by atoms with Gasteiger partial charge in [-0.25, -0.2) is 4.79 Å². The third-order valence-electron chi connectivity index (χ3n) is 3.73. The topological polar surface area (TPSA) is 66.9 Å². The molecule has 4 aromatic rings. The summed E-state index contributed by atoms with van der Waals surface area (Å²) in [6.45, 7) is 0. The highest BCUT2D eigenvalue weighted by atomic mass is 16.2. The van der Waals surface area contributed by atoms with Crippen LogP contribution in [0.2, 0.25) is 0 Å². The molecule has 2 N–H and O–H groups in total. The molecule has 0 saturated heterocycles. The van der Waals surface area contributed by atoms with Gasteiger partial charge in [-0.3, -0.25) is 9.97 Å². The van der Waals surface area contributed by atoms with E-state index in [0.29, 0.717) is 11.4 Å². The van der Waals surface area contributed by atoms with Crippen LogP contribution in [0.5, 0.6) is 0 Å². The summed E-state index contributed by atoms with van der Waals surface area (Å²) in [4.78, 5) is 20.9. The summed E-state index contributed by atoms with van der Waals surface area (Å²) >= 11 is 0. The van der Waals surface area contributed by atoms with Crippen LogP contribution >= 0.6 is 0 Å². The van der Waals surface area contributed by atoms with Crippen molar-refractivity contribution in [3.8, 4) is 0 Å². The number of carbonyl (C=O) groups is 1. The highest BCUT2D eigenvalue weighted by Gasteiger charge is 2.07. The van der Waals surface area contributed by atoms with Gasteiger partial charge < -0.3 is 10.6 Å². The van der Waals surface area contributed by atoms with Crippen molar-refractivity contribution in [3.63, 3.8) is 0 Å². The van der Waals surface area contributed by atoms with E-state index in [-0.39, 0.29) is 6.03 Å². The third-order valence-corrected chi connectivity index (χ3v) is 3.73. The van der Waals surface area contributed by atoms with E-state index in [4.69, 9.17) is 0 Å². The smallest absolute Gasteiger partial charge is 0.306 e. The fourth-order valence-electron chi connectivity index (χ4n) is 2.63. The summed E-state index contributed by atoms with van der Waals surface area (Å²) in [5, 5.41) is 7.60. The van der Waals surface area contributed by atoms with Gasteiger partial charge in [0.1, 0.15) is 0 Å². The second-order valence-electron chi connectivity index (χ2n) is 5.38. The second-order valence-corrected chi connectivity index (χ2v) is 5.38. The zero-order valence-electron chi connectivity index (χ0n) is 12.7. The molecule has 0 aliphatic heterocycles. The zero-order valence-corrected chi connectivity index (χ0v) is 12.7. The first kappa shape index (κ1) is 14.1. The highest BCUT2D eigenvalue weighted by molar-refractivity contribution is 6.05. The van der Waals surface area contributed by atoms with Crippen LogP contribution in [-0.2, 0) is 0 Å². The number of carbonyl (C=O) groups excluding carboxylic acids is 1. The summed E-state index contributed by atoms with van der Waals surface area (Å²) in [5.74, 6) is 0. The van der Waals surface area contributed by atoms with Crippen LogP contribution in [0.4, 0.5) is 16.2 Å². The van der Waals surface area contributed by atoms with Crippen molar-refractivity contribution >= 4 is 39.2 Å². The molecule has 2 aromatic carbocycles. The average Bonchev–Trinajstić information content (AvgIpc) is 2.62. The summed E-state index contributed by atoms with van der Waals surface area (Å²) in [6.07, 6.45) is 3.35. The van der Waals surface area contributed by atoms with Gasteiger partial charge >= 0.3 is 6.03 Å². The van der Waals surface area contributed by atoms with E-state index >= 15 is 0 Å². The molecule has 0 atom stereocenters. The predicted molar refractivity (Wildman–Crippen MR) is 96.1 cm³/mol. The minimum atomic E-state index is -0.328. The Hall–Kier alpha value is -3.47. The summed E-state index contributed by atoms with van der Waals surface area (Å²) in [5.41, 5.74) is 2.95. The molecule has 2 aromatic heterocycles. The summed E-state index contributed by atoms with van der Waals surface area (Å²) in [6, 6.07) is 18.8. The molecule has 0 radical (unpaired) electrons. The Morgan fingerprint density at radius 3 is 2.62 bits per heavy atom. The molecular weight excluding hydrogens is 300 g/mol. The molecule has 0 fully saturated rings. The summed E-state index contributed by atoms with van der Waals surface area (Å²) < 4.78 is 0. The Kier molecular flexibility index (Phi) is 3.51. The molecule has 5 nitrogen and oxygen atoms in total. The fourth-order valence-corrected chi connectivity index (χ4v) is 2.63. The lowest BCUT2D eigenvalue weighted by atomic mass is 10.2. The number of hydrogen-bond donors (Lipinski definition) is 2. The first-order chi connectivity index (χ1) is 11.8. The fraction of sp³-hybridized carbons (Fsp3) is 0. The number of pyridine rings is 2. The van der Waals surface area contributed by atoms with E-state index in [0.717, 1.165) is 21.8 Å². The van der Waals surface area contributed by atoms with E-state index < -0.39 is 0 Å². The molecule has 0 spiro atoms. The van der Waals surface area contributed by atoms with Crippen LogP contribution in [0, 0.1) is 0 Å². The maximum atomic E-state index is 12.3. The summed E-state index contributed by atoms with van der Waals surface area (Å²) in [7, 11) is 0. The maximum absolute atomic E-state index is 12.3. The molecule has 0 aliphatic carbocycles. The van der Waals surface area contributed by atoms with Crippen molar-refractivity contribution in [2.24, 2.45) is 0 Å². The first-order valence-corrected chi connectivity index (χ1v) is 7.56. The molecule has 0 bridgehead atoms. The number of benzene rings is 2. The molecule has 0 aliphatic rings. The monoisotopic (exact) mass is 314 g/mol. The standard InChI is InChI=1S/C19H14N4O/c24-19(22-15-11-14-5-1-2-8-16(14)21-12-15)23-17-9-3-6-13-7-4-10-20-18(13)17/h1-12H,(H2,22,23,24). The van der Waals surface area contributed by atoms with Gasteiger partial charge in [0.25, 0.3) is 0 Å². The third kappa shape index (κ3) is 2.75. The Balaban J connectivity index is 1.57. The Morgan fingerprint density at radius 2 is 1.67 bits per heavy atom. The minimum absolute atomic E-state index is 0.328. The Labute approximate surface area is 138 Å². The normalized spacial score (nSPS) is 10.7. The first-order valence-electron chi connectivity index (χ1n) is 7.56. The maximum Gasteiger partial charge on any atom is 0.323 e. The number of para-hydroxylation sites is 2. The minimum Gasteiger partial charge on any atom is -0.306 e. The van der Waals surface area contributed by atoms with Gasteiger partial charge in [-0.1, -0.05) is 36.4 Å². The van der Waals surface area contributed by atoms with Gasteiger partial charge in [-0.05, 0) is 24.3 Å². The van der Waals surface area contributed by atoms with Crippen molar-refractivity contribution in [1.82, 2.24) is 9.97 Å². The van der Waals surface area contributed by atoms with E-state index in [9.17, 15) is 4.79 Å². The van der Waals surface area contributed by atoms with Crippen LogP contribution in [0.25, 0.3) is 21.8 Å². The molecule has 5 heteroatoms. The van der Waals surface area contributed by atoms with E-state index in [2.05, 4.69) is 20.6 Å². The lowest BCUT2D eigenvalue weighted by Gasteiger charge is -2.10. The van der Waals surface area contributed by atoms with Gasteiger partial charge in [-0.15, -0.1) is 0 Å². The van der Waals surface area contributed by atoms with Crippen LogP contribution in [0.1, 0.15) is 0 Å². The number of nitrogens with one attached hydrogen (secondary N) is 2. The van der Waals surface area contributed by atoms with Gasteiger partial charge in [0.2, 0.25) is 0 Å². The average molecular weight is 314 g/mol. The lowest BCUT2D eigenvalue weighted by molar-refractivity contribution is 0.262. The number of urea groups is 1. The quantitative estimate of drug-likeness (QED) is 0.575. The van der Waals surface area contributed by atoms with Gasteiger partial charge in [0.15, 0.2) is 0 Å². The van der Waals surface area contributed by atoms with E-state index in [1.165, 1.54) is 0 Å². The number of rotatable bonds is 2. The van der Waals surface area contributed by atoms with Crippen LogP contribution in [-0.4, -0.2) is 16.0 Å². The van der Waals surface area contributed by atoms with Crippen LogP contribution in [0.3, 0.4) is 0 Å². The highest BCUT2D eigenvalue weighted by Crippen LogP contribution is 2.21.